The Hall–Kier alpha value is -3.85. The lowest BCUT2D eigenvalue weighted by molar-refractivity contribution is -0.114. The molecule has 2 heterocycles. The summed E-state index contributed by atoms with van der Waals surface area (Å²) in [4.78, 5) is 42.0. The molecule has 2 N–H and O–H groups in total. The number of hydrogen-bond donors (Lipinski definition) is 2. The van der Waals surface area contributed by atoms with E-state index in [-0.39, 0.29) is 34.6 Å². The summed E-state index contributed by atoms with van der Waals surface area (Å²) >= 11 is 1.18. The smallest absolute Gasteiger partial charge is 0.295 e. The Bertz CT molecular complexity index is 1370. The molecule has 0 atom stereocenters. The number of carbonyl (C=O) groups is 2. The molecule has 0 fully saturated rings. The van der Waals surface area contributed by atoms with Crippen LogP contribution in [0.3, 0.4) is 0 Å². The number of amides is 2. The van der Waals surface area contributed by atoms with Gasteiger partial charge in [-0.1, -0.05) is 24.3 Å². The highest BCUT2D eigenvalue weighted by molar-refractivity contribution is 8.00. The molecule has 2 amide bonds. The molecule has 4 rings (SSSR count). The third kappa shape index (κ3) is 4.83. The van der Waals surface area contributed by atoms with Crippen molar-refractivity contribution in [2.24, 2.45) is 7.05 Å². The van der Waals surface area contributed by atoms with Crippen LogP contribution >= 0.6 is 11.8 Å². The Balaban J connectivity index is 1.35. The normalized spacial score (nSPS) is 10.8. The zero-order valence-electron chi connectivity index (χ0n) is 18.2. The van der Waals surface area contributed by atoms with Crippen molar-refractivity contribution in [1.82, 2.24) is 14.3 Å². The van der Waals surface area contributed by atoms with Crippen molar-refractivity contribution in [3.8, 4) is 5.69 Å². The predicted octanol–water partition coefficient (Wildman–Crippen LogP) is 3.34. The molecule has 0 aliphatic rings. The summed E-state index contributed by atoms with van der Waals surface area (Å²) in [7, 11) is 1.77. The second kappa shape index (κ2) is 9.74. The molecule has 2 aromatic heterocycles. The number of pyridine rings is 1. The minimum absolute atomic E-state index is 0.0453. The van der Waals surface area contributed by atoms with Crippen LogP contribution in [-0.4, -0.2) is 37.7 Å². The molecule has 0 aliphatic heterocycles. The van der Waals surface area contributed by atoms with Crippen LogP contribution in [0.5, 0.6) is 0 Å². The van der Waals surface area contributed by atoms with Crippen molar-refractivity contribution < 1.29 is 9.59 Å². The van der Waals surface area contributed by atoms with Crippen LogP contribution in [0, 0.1) is 6.92 Å². The first-order chi connectivity index (χ1) is 16.0. The first-order valence-corrected chi connectivity index (χ1v) is 11.5. The fourth-order valence-corrected chi connectivity index (χ4v) is 4.14. The van der Waals surface area contributed by atoms with E-state index in [2.05, 4.69) is 15.6 Å². The Morgan fingerprint density at radius 2 is 1.67 bits per heavy atom. The van der Waals surface area contributed by atoms with Crippen LogP contribution in [-0.2, 0) is 16.6 Å². The van der Waals surface area contributed by atoms with Gasteiger partial charge in [-0.15, -0.1) is 11.8 Å². The van der Waals surface area contributed by atoms with E-state index in [1.54, 1.807) is 24.9 Å². The molecule has 4 aromatic rings. The monoisotopic (exact) mass is 461 g/mol. The lowest BCUT2D eigenvalue weighted by Gasteiger charge is -2.08. The van der Waals surface area contributed by atoms with Crippen molar-refractivity contribution in [3.05, 3.63) is 82.9 Å². The van der Waals surface area contributed by atoms with Crippen LogP contribution in [0.4, 0.5) is 11.4 Å². The average molecular weight is 462 g/mol. The molecular weight excluding hydrogens is 438 g/mol. The lowest BCUT2D eigenvalue weighted by atomic mass is 10.2. The largest absolute Gasteiger partial charge is 0.325 e. The van der Waals surface area contributed by atoms with Gasteiger partial charge in [-0.25, -0.2) is 4.68 Å². The molecule has 0 unspecified atom stereocenters. The lowest BCUT2D eigenvalue weighted by Crippen LogP contribution is -2.24. The highest BCUT2D eigenvalue weighted by Gasteiger charge is 2.18. The summed E-state index contributed by atoms with van der Waals surface area (Å²) in [6.45, 7) is 1.77. The van der Waals surface area contributed by atoms with E-state index in [4.69, 9.17) is 0 Å². The van der Waals surface area contributed by atoms with E-state index in [1.807, 2.05) is 60.7 Å². The number of nitrogens with zero attached hydrogens (tertiary/aromatic N) is 3. The molecule has 0 spiro atoms. The third-order valence-electron chi connectivity index (χ3n) is 5.20. The summed E-state index contributed by atoms with van der Waals surface area (Å²) in [6.07, 6.45) is 1.70. The van der Waals surface area contributed by atoms with Crippen LogP contribution in [0.2, 0.25) is 0 Å². The number of carbonyl (C=O) groups excluding carboxylic acids is 2. The fourth-order valence-electron chi connectivity index (χ4n) is 3.52. The van der Waals surface area contributed by atoms with E-state index < -0.39 is 0 Å². The Morgan fingerprint density at radius 1 is 0.939 bits per heavy atom. The number of thioether (sulfide) groups is 1. The van der Waals surface area contributed by atoms with Crippen molar-refractivity contribution in [1.29, 1.82) is 0 Å². The summed E-state index contributed by atoms with van der Waals surface area (Å²) in [5.74, 6) is -0.407. The molecule has 33 heavy (non-hydrogen) atoms. The molecule has 0 radical (unpaired) electrons. The maximum atomic E-state index is 12.9. The van der Waals surface area contributed by atoms with Crippen LogP contribution in [0.15, 0.2) is 71.7 Å². The van der Waals surface area contributed by atoms with Crippen LogP contribution in [0.1, 0.15) is 5.69 Å². The Labute approximate surface area is 194 Å². The minimum Gasteiger partial charge on any atom is -0.325 e. The molecule has 0 saturated carbocycles. The van der Waals surface area contributed by atoms with E-state index in [9.17, 15) is 14.4 Å². The first-order valence-electron chi connectivity index (χ1n) is 10.3. The summed E-state index contributed by atoms with van der Waals surface area (Å²) in [5, 5.41) is 6.42. The van der Waals surface area contributed by atoms with Gasteiger partial charge in [0.25, 0.3) is 5.56 Å². The quantitative estimate of drug-likeness (QED) is 0.440. The number of benzene rings is 2. The maximum absolute atomic E-state index is 12.9. The Kier molecular flexibility index (Phi) is 6.60. The topological polar surface area (TPSA) is 98.0 Å². The first kappa shape index (κ1) is 22.3. The van der Waals surface area contributed by atoms with Gasteiger partial charge in [0.15, 0.2) is 0 Å². The molecule has 168 valence electrons. The van der Waals surface area contributed by atoms with Gasteiger partial charge in [0.2, 0.25) is 11.8 Å². The van der Waals surface area contributed by atoms with Crippen molar-refractivity contribution in [2.45, 2.75) is 6.92 Å². The minimum atomic E-state index is -0.340. The zero-order chi connectivity index (χ0) is 23.4. The van der Waals surface area contributed by atoms with Gasteiger partial charge >= 0.3 is 0 Å². The molecule has 0 aliphatic carbocycles. The van der Waals surface area contributed by atoms with E-state index in [1.165, 1.54) is 16.4 Å². The van der Waals surface area contributed by atoms with E-state index in [0.29, 0.717) is 17.1 Å². The van der Waals surface area contributed by atoms with Gasteiger partial charge in [-0.05, 0) is 43.3 Å². The molecule has 2 aromatic carbocycles. The Morgan fingerprint density at radius 3 is 2.42 bits per heavy atom. The number of rotatable bonds is 7. The summed E-state index contributed by atoms with van der Waals surface area (Å²) in [6, 6.07) is 18.4. The number of nitrogens with one attached hydrogen (secondary N) is 2. The number of hydrogen-bond acceptors (Lipinski definition) is 5. The number of anilines is 2. The summed E-state index contributed by atoms with van der Waals surface area (Å²) in [5.41, 5.74) is 2.76. The van der Waals surface area contributed by atoms with Crippen molar-refractivity contribution in [3.63, 3.8) is 0 Å². The highest BCUT2D eigenvalue weighted by atomic mass is 32.2. The van der Waals surface area contributed by atoms with Crippen LogP contribution in [0.25, 0.3) is 16.6 Å². The number of para-hydroxylation sites is 1. The molecule has 8 nitrogen and oxygen atoms in total. The number of fused-ring (bicyclic) bond motifs is 1. The van der Waals surface area contributed by atoms with Crippen molar-refractivity contribution in [2.75, 3.05) is 22.1 Å². The third-order valence-corrected chi connectivity index (χ3v) is 6.14. The van der Waals surface area contributed by atoms with Crippen LogP contribution < -0.4 is 16.2 Å². The SMILES string of the molecule is Cc1c(NC(=O)CSCC(=O)Nc2cccc3ncccc23)c(=O)n(-c2ccccc2)n1C. The fraction of sp³-hybridized carbons (Fsp3) is 0.167. The number of aromatic nitrogens is 3. The van der Waals surface area contributed by atoms with Gasteiger partial charge in [0.05, 0.1) is 34.1 Å². The average Bonchev–Trinajstić information content (AvgIpc) is 3.03. The standard InChI is InChI=1S/C24H23N5O3S/c1-16-23(24(32)29(28(16)2)17-8-4-3-5-9-17)27-22(31)15-33-14-21(30)26-20-12-6-11-19-18(20)10-7-13-25-19/h3-13H,14-15H2,1-2H3,(H,26,30)(H,27,31). The van der Waals surface area contributed by atoms with Crippen molar-refractivity contribution >= 4 is 45.9 Å². The van der Waals surface area contributed by atoms with E-state index >= 15 is 0 Å². The zero-order valence-corrected chi connectivity index (χ0v) is 19.1. The summed E-state index contributed by atoms with van der Waals surface area (Å²) < 4.78 is 3.21. The van der Waals surface area contributed by atoms with Gasteiger partial charge in [0.1, 0.15) is 5.69 Å². The van der Waals surface area contributed by atoms with E-state index in [0.717, 1.165) is 10.9 Å². The second-order valence-corrected chi connectivity index (χ2v) is 8.39. The maximum Gasteiger partial charge on any atom is 0.295 e. The van der Waals surface area contributed by atoms with Gasteiger partial charge in [0, 0.05) is 18.6 Å². The molecular formula is C24H23N5O3S. The predicted molar refractivity (Wildman–Crippen MR) is 132 cm³/mol. The van der Waals surface area contributed by atoms with Gasteiger partial charge in [-0.3, -0.25) is 24.0 Å². The molecule has 0 bridgehead atoms. The molecule has 9 heteroatoms. The van der Waals surface area contributed by atoms with Gasteiger partial charge < -0.3 is 10.6 Å². The molecule has 0 saturated heterocycles. The van der Waals surface area contributed by atoms with Gasteiger partial charge in [-0.2, -0.15) is 0 Å². The highest BCUT2D eigenvalue weighted by Crippen LogP contribution is 2.21. The second-order valence-electron chi connectivity index (χ2n) is 7.40.